The summed E-state index contributed by atoms with van der Waals surface area (Å²) in [5.41, 5.74) is 9.05. The minimum Gasteiger partial charge on any atom is -0.504 e. The molecule has 0 bridgehead atoms. The Morgan fingerprint density at radius 1 is 1.16 bits per heavy atom. The SMILES string of the molecule is CCCCNC(=O)c1c(N)n(/N=C\c2ccc(O)c(O)c2)c2nc3ccccc3nc12. The fraction of sp³-hybridized carbons (Fsp3) is 0.182. The van der Waals surface area contributed by atoms with Gasteiger partial charge in [-0.3, -0.25) is 4.79 Å². The molecule has 0 aliphatic heterocycles. The summed E-state index contributed by atoms with van der Waals surface area (Å²) in [6.45, 7) is 2.57. The molecule has 9 nitrogen and oxygen atoms in total. The number of anilines is 1. The van der Waals surface area contributed by atoms with Gasteiger partial charge >= 0.3 is 0 Å². The van der Waals surface area contributed by atoms with Crippen LogP contribution >= 0.6 is 0 Å². The van der Waals surface area contributed by atoms with Crippen LogP contribution in [0.5, 0.6) is 11.5 Å². The molecule has 9 heteroatoms. The highest BCUT2D eigenvalue weighted by atomic mass is 16.3. The molecule has 31 heavy (non-hydrogen) atoms. The number of nitrogens with one attached hydrogen (secondary N) is 1. The quantitative estimate of drug-likeness (QED) is 0.216. The Balaban J connectivity index is 1.86. The van der Waals surface area contributed by atoms with Crippen LogP contribution in [0.15, 0.2) is 47.6 Å². The van der Waals surface area contributed by atoms with Crippen molar-refractivity contribution in [2.24, 2.45) is 5.10 Å². The van der Waals surface area contributed by atoms with Crippen LogP contribution in [-0.2, 0) is 0 Å². The third kappa shape index (κ3) is 3.85. The number of rotatable bonds is 6. The van der Waals surface area contributed by atoms with E-state index in [0.29, 0.717) is 34.3 Å². The molecule has 0 fully saturated rings. The highest BCUT2D eigenvalue weighted by molar-refractivity contribution is 6.10. The Morgan fingerprint density at radius 3 is 2.61 bits per heavy atom. The number of aromatic hydroxyl groups is 2. The molecule has 4 rings (SSSR count). The highest BCUT2D eigenvalue weighted by Crippen LogP contribution is 2.28. The monoisotopic (exact) mass is 418 g/mol. The second-order valence-electron chi connectivity index (χ2n) is 7.06. The van der Waals surface area contributed by atoms with E-state index in [4.69, 9.17) is 5.73 Å². The van der Waals surface area contributed by atoms with Crippen molar-refractivity contribution in [3.05, 3.63) is 53.6 Å². The summed E-state index contributed by atoms with van der Waals surface area (Å²) in [6, 6.07) is 11.6. The first-order chi connectivity index (χ1) is 15.0. The first-order valence-electron chi connectivity index (χ1n) is 9.90. The number of benzene rings is 2. The van der Waals surface area contributed by atoms with Crippen molar-refractivity contribution in [1.82, 2.24) is 20.0 Å². The number of hydrogen-bond donors (Lipinski definition) is 4. The van der Waals surface area contributed by atoms with E-state index in [-0.39, 0.29) is 28.8 Å². The van der Waals surface area contributed by atoms with E-state index in [9.17, 15) is 15.0 Å². The van der Waals surface area contributed by atoms with E-state index in [0.717, 1.165) is 12.8 Å². The molecule has 4 aromatic rings. The zero-order valence-corrected chi connectivity index (χ0v) is 16.9. The molecule has 158 valence electrons. The minimum atomic E-state index is -0.336. The molecule has 0 radical (unpaired) electrons. The van der Waals surface area contributed by atoms with Gasteiger partial charge in [0.2, 0.25) is 0 Å². The van der Waals surface area contributed by atoms with Gasteiger partial charge < -0.3 is 21.3 Å². The highest BCUT2D eigenvalue weighted by Gasteiger charge is 2.23. The first-order valence-corrected chi connectivity index (χ1v) is 9.90. The lowest BCUT2D eigenvalue weighted by atomic mass is 10.2. The van der Waals surface area contributed by atoms with Crippen molar-refractivity contribution in [1.29, 1.82) is 0 Å². The van der Waals surface area contributed by atoms with Crippen LogP contribution in [0, 0.1) is 0 Å². The number of phenols is 2. The lowest BCUT2D eigenvalue weighted by Gasteiger charge is -2.04. The van der Waals surface area contributed by atoms with Crippen molar-refractivity contribution in [3.63, 3.8) is 0 Å². The molecule has 0 aliphatic rings. The van der Waals surface area contributed by atoms with E-state index < -0.39 is 0 Å². The predicted octanol–water partition coefficient (Wildman–Crippen LogP) is 2.99. The topological polar surface area (TPSA) is 139 Å². The van der Waals surface area contributed by atoms with Gasteiger partial charge in [-0.15, -0.1) is 0 Å². The zero-order chi connectivity index (χ0) is 22.0. The standard InChI is InChI=1S/C22H22N6O3/c1-2-3-10-24-22(31)18-19-21(27-15-7-5-4-6-14(15)26-19)28(20(18)23)25-12-13-8-9-16(29)17(30)11-13/h4-9,11-12,29-30H,2-3,10,23H2,1H3,(H,24,31)/b25-12-. The smallest absolute Gasteiger partial charge is 0.257 e. The zero-order valence-electron chi connectivity index (χ0n) is 16.9. The average molecular weight is 418 g/mol. The summed E-state index contributed by atoms with van der Waals surface area (Å²) >= 11 is 0. The molecule has 0 saturated heterocycles. The number of nitrogens with zero attached hydrogens (tertiary/aromatic N) is 4. The maximum absolute atomic E-state index is 12.9. The summed E-state index contributed by atoms with van der Waals surface area (Å²) in [7, 11) is 0. The largest absolute Gasteiger partial charge is 0.504 e. The number of nitrogens with two attached hydrogens (primary N) is 1. The maximum Gasteiger partial charge on any atom is 0.257 e. The van der Waals surface area contributed by atoms with Gasteiger partial charge in [-0.1, -0.05) is 25.5 Å². The van der Waals surface area contributed by atoms with Crippen LogP contribution in [0.2, 0.25) is 0 Å². The molecular formula is C22H22N6O3. The van der Waals surface area contributed by atoms with Gasteiger partial charge in [-0.2, -0.15) is 9.78 Å². The molecule has 0 atom stereocenters. The summed E-state index contributed by atoms with van der Waals surface area (Å²) in [4.78, 5) is 22.1. The summed E-state index contributed by atoms with van der Waals surface area (Å²) in [5.74, 6) is -0.724. The summed E-state index contributed by atoms with van der Waals surface area (Å²) < 4.78 is 1.35. The van der Waals surface area contributed by atoms with Crippen molar-refractivity contribution >= 4 is 40.1 Å². The minimum absolute atomic E-state index is 0.110. The lowest BCUT2D eigenvalue weighted by Crippen LogP contribution is -2.25. The number of carbonyl (C=O) groups excluding carboxylic acids is 1. The molecule has 0 spiro atoms. The Kier molecular flexibility index (Phi) is 5.40. The molecule has 0 unspecified atom stereocenters. The number of fused-ring (bicyclic) bond motifs is 2. The van der Waals surface area contributed by atoms with Crippen LogP contribution in [0.1, 0.15) is 35.7 Å². The molecule has 5 N–H and O–H groups in total. The van der Waals surface area contributed by atoms with Crippen molar-refractivity contribution in [3.8, 4) is 11.5 Å². The fourth-order valence-electron chi connectivity index (χ4n) is 3.20. The molecule has 0 saturated carbocycles. The fourth-order valence-corrected chi connectivity index (χ4v) is 3.20. The number of unbranched alkanes of at least 4 members (excludes halogenated alkanes) is 1. The van der Waals surface area contributed by atoms with Crippen LogP contribution < -0.4 is 11.1 Å². The van der Waals surface area contributed by atoms with Gasteiger partial charge in [0.1, 0.15) is 16.9 Å². The van der Waals surface area contributed by atoms with E-state index in [1.54, 1.807) is 6.07 Å². The van der Waals surface area contributed by atoms with Crippen molar-refractivity contribution in [2.75, 3.05) is 12.3 Å². The second kappa shape index (κ2) is 8.31. The number of amides is 1. The Hall–Kier alpha value is -4.14. The van der Waals surface area contributed by atoms with Gasteiger partial charge in [-0.05, 0) is 42.3 Å². The van der Waals surface area contributed by atoms with Gasteiger partial charge in [0.25, 0.3) is 5.91 Å². The summed E-state index contributed by atoms with van der Waals surface area (Å²) in [6.07, 6.45) is 3.25. The number of carbonyl (C=O) groups is 1. The van der Waals surface area contributed by atoms with Crippen LogP contribution in [-0.4, -0.2) is 43.5 Å². The number of hydrogen-bond acceptors (Lipinski definition) is 7. The maximum atomic E-state index is 12.9. The molecule has 2 heterocycles. The molecule has 2 aromatic heterocycles. The Morgan fingerprint density at radius 2 is 1.90 bits per heavy atom. The normalized spacial score (nSPS) is 11.5. The van der Waals surface area contributed by atoms with E-state index in [1.807, 2.05) is 31.2 Å². The number of phenolic OH excluding ortho intramolecular Hbond substituents is 2. The van der Waals surface area contributed by atoms with E-state index in [2.05, 4.69) is 20.4 Å². The number of para-hydroxylation sites is 2. The molecule has 0 aliphatic carbocycles. The van der Waals surface area contributed by atoms with Crippen LogP contribution in [0.25, 0.3) is 22.2 Å². The Bertz CT molecular complexity index is 1310. The third-order valence-corrected chi connectivity index (χ3v) is 4.84. The third-order valence-electron chi connectivity index (χ3n) is 4.84. The van der Waals surface area contributed by atoms with Crippen LogP contribution in [0.4, 0.5) is 5.82 Å². The summed E-state index contributed by atoms with van der Waals surface area (Å²) in [5, 5.41) is 26.4. The molecule has 2 aromatic carbocycles. The van der Waals surface area contributed by atoms with Gasteiger partial charge in [0.05, 0.1) is 17.2 Å². The van der Waals surface area contributed by atoms with Gasteiger partial charge in [0.15, 0.2) is 17.1 Å². The first kappa shape index (κ1) is 20.1. The Labute approximate surface area is 177 Å². The number of nitrogen functional groups attached to an aromatic ring is 1. The molecule has 1 amide bonds. The van der Waals surface area contributed by atoms with E-state index >= 15 is 0 Å². The van der Waals surface area contributed by atoms with E-state index in [1.165, 1.54) is 23.0 Å². The predicted molar refractivity (Wildman–Crippen MR) is 119 cm³/mol. The van der Waals surface area contributed by atoms with Crippen molar-refractivity contribution in [2.45, 2.75) is 19.8 Å². The second-order valence-corrected chi connectivity index (χ2v) is 7.06. The lowest BCUT2D eigenvalue weighted by molar-refractivity contribution is 0.0955. The van der Waals surface area contributed by atoms with Gasteiger partial charge in [0, 0.05) is 6.54 Å². The van der Waals surface area contributed by atoms with Gasteiger partial charge in [-0.25, -0.2) is 9.97 Å². The number of aromatic nitrogens is 3. The van der Waals surface area contributed by atoms with Crippen molar-refractivity contribution < 1.29 is 15.0 Å². The average Bonchev–Trinajstić information content (AvgIpc) is 3.03. The molecular weight excluding hydrogens is 396 g/mol. The van der Waals surface area contributed by atoms with Crippen LogP contribution in [0.3, 0.4) is 0 Å².